The third-order valence-corrected chi connectivity index (χ3v) is 9.78. The number of phosphoric acid groups is 1. The minimum absolute atomic E-state index is 0. The number of aliphatic hydroxyl groups is 3. The van der Waals surface area contributed by atoms with Crippen LogP contribution in [-0.4, -0.2) is 133 Å². The number of aromatic amines is 1. The molecular weight excluding hydrogens is 836 g/mol. The fraction of sp³-hybridized carbons (Fsp3) is 0.394. The molecule has 1 fully saturated rings. The van der Waals surface area contributed by atoms with Crippen LogP contribution in [0.3, 0.4) is 0 Å². The molecule has 13 N–H and O–H groups in total. The number of aliphatic carboxylic acids is 1. The zero-order valence-electron chi connectivity index (χ0n) is 30.8. The van der Waals surface area contributed by atoms with Gasteiger partial charge in [0.15, 0.2) is 34.4 Å². The molecule has 328 valence electrons. The third-order valence-electron chi connectivity index (χ3n) is 8.83. The number of hydrogen-bond donors (Lipinski definition) is 11. The quantitative estimate of drug-likeness (QED) is 0.0345. The highest BCUT2D eigenvalue weighted by atomic mass is 31.2. The zero-order chi connectivity index (χ0) is 43.3. The molecule has 61 heavy (non-hydrogen) atoms. The fourth-order valence-corrected chi connectivity index (χ4v) is 6.56. The van der Waals surface area contributed by atoms with Gasteiger partial charge in [-0.1, -0.05) is 7.43 Å². The maximum absolute atomic E-state index is 13.8. The monoisotopic (exact) mass is 877 g/mol. The van der Waals surface area contributed by atoms with Gasteiger partial charge in [0, 0.05) is 17.7 Å². The van der Waals surface area contributed by atoms with E-state index in [9.17, 15) is 53.5 Å². The summed E-state index contributed by atoms with van der Waals surface area (Å²) < 4.78 is 42.8. The van der Waals surface area contributed by atoms with Crippen LogP contribution in [0.15, 0.2) is 41.6 Å². The Morgan fingerprint density at radius 1 is 1.03 bits per heavy atom. The first kappa shape index (κ1) is 45.8. The van der Waals surface area contributed by atoms with Gasteiger partial charge in [-0.05, 0) is 30.7 Å². The number of H-pyrrole nitrogens is 1. The molecule has 4 unspecified atom stereocenters. The number of aliphatic hydroxyl groups excluding tert-OH is 3. The minimum atomic E-state index is -4.95. The lowest BCUT2D eigenvalue weighted by Crippen LogP contribution is -2.44. The number of nitrogen functional groups attached to an aromatic ring is 2. The molecule has 0 aliphatic carbocycles. The number of benzene rings is 1. The number of aromatic nitrogens is 8. The topological polar surface area (TPSA) is 400 Å². The van der Waals surface area contributed by atoms with Gasteiger partial charge in [-0.2, -0.15) is 19.3 Å². The maximum atomic E-state index is 13.8. The van der Waals surface area contributed by atoms with E-state index in [1.165, 1.54) is 18.3 Å². The molecule has 4 aromatic heterocycles. The van der Waals surface area contributed by atoms with E-state index in [0.29, 0.717) is 11.4 Å². The molecule has 0 saturated carbocycles. The second-order valence-corrected chi connectivity index (χ2v) is 14.5. The van der Waals surface area contributed by atoms with Crippen molar-refractivity contribution in [2.75, 3.05) is 36.6 Å². The molecule has 0 radical (unpaired) electrons. The molecule has 6 rings (SSSR count). The van der Waals surface area contributed by atoms with Crippen molar-refractivity contribution in [1.82, 2.24) is 50.1 Å². The van der Waals surface area contributed by atoms with Crippen LogP contribution in [0.5, 0.6) is 0 Å². The predicted octanol–water partition coefficient (Wildman–Crippen LogP) is -1.70. The second kappa shape index (κ2) is 19.4. The number of halogens is 1. The smallest absolute Gasteiger partial charge is 0.472 e. The summed E-state index contributed by atoms with van der Waals surface area (Å²) in [6.07, 6.45) is -5.67. The van der Waals surface area contributed by atoms with Crippen molar-refractivity contribution in [3.63, 3.8) is 0 Å². The Hall–Kier alpha value is -6.32. The fourth-order valence-electron chi connectivity index (χ4n) is 5.79. The summed E-state index contributed by atoms with van der Waals surface area (Å²) in [7, 11) is -4.95. The van der Waals surface area contributed by atoms with E-state index in [0.717, 1.165) is 10.9 Å². The molecule has 26 nitrogen and oxygen atoms in total. The van der Waals surface area contributed by atoms with Crippen LogP contribution >= 0.6 is 7.82 Å². The number of hydrogen-bond acceptors (Lipinski definition) is 20. The lowest BCUT2D eigenvalue weighted by Gasteiger charge is -2.21. The summed E-state index contributed by atoms with van der Waals surface area (Å²) in [5.41, 5.74) is 11.6. The number of carbonyl (C=O) groups excluding carboxylic acids is 2. The van der Waals surface area contributed by atoms with Crippen LogP contribution in [0.25, 0.3) is 22.3 Å². The van der Waals surface area contributed by atoms with E-state index in [-0.39, 0.29) is 60.0 Å². The van der Waals surface area contributed by atoms with Gasteiger partial charge in [0.1, 0.15) is 24.4 Å². The van der Waals surface area contributed by atoms with Crippen molar-refractivity contribution in [2.45, 2.75) is 63.4 Å². The van der Waals surface area contributed by atoms with E-state index in [1.54, 1.807) is 12.1 Å². The Kier molecular flexibility index (Phi) is 14.5. The van der Waals surface area contributed by atoms with Crippen LogP contribution in [0.2, 0.25) is 0 Å². The van der Waals surface area contributed by atoms with Gasteiger partial charge >= 0.3 is 19.9 Å². The molecule has 28 heteroatoms. The maximum Gasteiger partial charge on any atom is 0.472 e. The number of fused-ring (bicyclic) bond motifs is 2. The summed E-state index contributed by atoms with van der Waals surface area (Å²) in [4.78, 5) is 85.2. The van der Waals surface area contributed by atoms with Gasteiger partial charge in [-0.15, -0.1) is 0 Å². The minimum Gasteiger partial charge on any atom is -0.480 e. The van der Waals surface area contributed by atoms with Gasteiger partial charge in [0.2, 0.25) is 11.9 Å². The van der Waals surface area contributed by atoms with Gasteiger partial charge < -0.3 is 57.5 Å². The highest BCUT2D eigenvalue weighted by molar-refractivity contribution is 7.47. The Morgan fingerprint density at radius 2 is 1.77 bits per heavy atom. The number of amides is 2. The number of ether oxygens (including phenoxy) is 1. The Balaban J connectivity index is 0.00000704. The molecule has 1 aliphatic rings. The first-order chi connectivity index (χ1) is 28.5. The number of nitrogens with two attached hydrogens (primary N) is 2. The number of rotatable bonds is 18. The Bertz CT molecular complexity index is 2500. The molecule has 1 aromatic carbocycles. The van der Waals surface area contributed by atoms with Crippen molar-refractivity contribution in [2.24, 2.45) is 0 Å². The van der Waals surface area contributed by atoms with Crippen molar-refractivity contribution < 1.29 is 62.4 Å². The van der Waals surface area contributed by atoms with Crippen LogP contribution < -0.4 is 33.0 Å². The van der Waals surface area contributed by atoms with Crippen LogP contribution in [0, 0.1) is 6.08 Å². The highest BCUT2D eigenvalue weighted by Gasteiger charge is 2.45. The van der Waals surface area contributed by atoms with Crippen molar-refractivity contribution >= 4 is 65.4 Å². The Labute approximate surface area is 342 Å². The number of nitrogens with zero attached hydrogens (tertiary/aromatic N) is 7. The molecular formula is C33H41FN13O13P. The predicted molar refractivity (Wildman–Crippen MR) is 207 cm³/mol. The summed E-state index contributed by atoms with van der Waals surface area (Å²) >= 11 is 0. The van der Waals surface area contributed by atoms with Crippen molar-refractivity contribution in [3.8, 4) is 0 Å². The number of nitrogens with one attached hydrogen (secondary N) is 4. The lowest BCUT2D eigenvalue weighted by atomic mass is 10.1. The second-order valence-electron chi connectivity index (χ2n) is 13.1. The molecule has 0 bridgehead atoms. The number of carboxylic acids is 1. The van der Waals surface area contributed by atoms with Gasteiger partial charge in [0.25, 0.3) is 11.5 Å². The lowest BCUT2D eigenvalue weighted by molar-refractivity contribution is -0.139. The number of anilines is 3. The number of phosphoric ester groups is 1. The van der Waals surface area contributed by atoms with E-state index in [1.807, 2.05) is 0 Å². The van der Waals surface area contributed by atoms with E-state index < -0.39 is 100 Å². The number of carboxylic acid groups (broad SMARTS) is 1. The van der Waals surface area contributed by atoms with Gasteiger partial charge in [0.05, 0.1) is 50.6 Å². The van der Waals surface area contributed by atoms with Crippen LogP contribution in [0.1, 0.15) is 42.5 Å². The first-order valence-electron chi connectivity index (χ1n) is 17.6. The number of carbonyl (C=O) groups is 3. The molecule has 5 heterocycles. The molecule has 0 spiro atoms. The van der Waals surface area contributed by atoms with E-state index >= 15 is 0 Å². The third kappa shape index (κ3) is 11.1. The summed E-state index contributed by atoms with van der Waals surface area (Å²) in [5.74, 6) is -3.39. The van der Waals surface area contributed by atoms with E-state index in [4.69, 9.17) is 25.3 Å². The first-order valence-corrected chi connectivity index (χ1v) is 19.1. The van der Waals surface area contributed by atoms with Gasteiger partial charge in [-0.25, -0.2) is 24.3 Å². The van der Waals surface area contributed by atoms with Crippen molar-refractivity contribution in [3.05, 3.63) is 64.5 Å². The largest absolute Gasteiger partial charge is 0.480 e. The normalized spacial score (nSPS) is 19.4. The molecule has 1 saturated heterocycles. The van der Waals surface area contributed by atoms with Crippen LogP contribution in [0.4, 0.5) is 21.8 Å². The van der Waals surface area contributed by atoms with Gasteiger partial charge in [-0.3, -0.25) is 33.0 Å². The average molecular weight is 878 g/mol. The Morgan fingerprint density at radius 3 is 2.48 bits per heavy atom. The standard InChI is InChI=1S/C32H37FN13O13P.CH4/c33-31-42-24(34)20-26(44-31)46(12-38-20)29-23(50)22(49)18(59-29)11-58-60(55,56)57-10-16(9-47)39-19(48)6-5-17(30(53)54)41-27(51)13-1-3-14(4-2-13)36-7-15-8-37-25-21(40-15)28(52)45-32(35)43-25;/h1-4,8,12,16-18,22-23,29,36,47,49-50H,5-7,9-11H2,(H,39,48)(H,41,51)(H,53,54)(H,55,56)(H2,34,42,44)(H3,35,37,43,45,52);1H4/t16?,17?,18-,22+,23?,29-;/m1./s1. The molecule has 5 aromatic rings. The summed E-state index contributed by atoms with van der Waals surface area (Å²) in [6, 6.07) is 3.14. The van der Waals surface area contributed by atoms with E-state index in [2.05, 4.69) is 50.8 Å². The molecule has 1 aliphatic heterocycles. The SMILES string of the molecule is C.Nc1nc2ncc(CNc3ccc(C(=O)NC(CCC(=O)NC(CO)COP(=O)(O)OC[C@H]4O[C@@H](n5cnc6c(N)nc(F)nc65)C(O)[C@H]4O)C(=O)O)cc3)nc2c(=O)[nH]1. The summed E-state index contributed by atoms with van der Waals surface area (Å²) in [6.45, 7) is -2.21. The molecule has 7 atom stereocenters. The van der Waals surface area contributed by atoms with Crippen LogP contribution in [-0.2, 0) is 34.5 Å². The highest BCUT2D eigenvalue weighted by Crippen LogP contribution is 2.44. The van der Waals surface area contributed by atoms with Crippen molar-refractivity contribution in [1.29, 1.82) is 0 Å². The molecule has 2 amide bonds. The number of imidazole rings is 1. The summed E-state index contributed by atoms with van der Waals surface area (Å²) in [5, 5.41) is 48.2. The average Bonchev–Trinajstić information content (AvgIpc) is 3.75. The zero-order valence-corrected chi connectivity index (χ0v) is 31.7.